The molecule has 1 aliphatic rings. The molecule has 9 heteroatoms. The van der Waals surface area contributed by atoms with Crippen LogP contribution in [0.25, 0.3) is 0 Å². The van der Waals surface area contributed by atoms with Gasteiger partial charge in [-0.15, -0.1) is 0 Å². The standard InChI is InChI=1S/C32H38FN3O4S/c1-2-3-21-34-32(38)31(27-9-5-4-6-10-27)36(24-26-11-16-28(33)17-12-26)30(37)20-15-25-13-18-29(19-14-25)41(39,40)35-22-7-8-23-35/h4-6,9-14,16-19,31H,2-3,7-8,15,20-24H2,1H3,(H,34,38)/t31-/m0/s1. The molecule has 0 unspecified atom stereocenters. The lowest BCUT2D eigenvalue weighted by Crippen LogP contribution is -2.43. The summed E-state index contributed by atoms with van der Waals surface area (Å²) in [6.45, 7) is 3.75. The van der Waals surface area contributed by atoms with Crippen molar-refractivity contribution in [1.29, 1.82) is 0 Å². The summed E-state index contributed by atoms with van der Waals surface area (Å²) >= 11 is 0. The minimum atomic E-state index is -3.51. The number of rotatable bonds is 13. The Balaban J connectivity index is 1.55. The lowest BCUT2D eigenvalue weighted by Gasteiger charge is -2.32. The van der Waals surface area contributed by atoms with Crippen molar-refractivity contribution < 1.29 is 22.4 Å². The summed E-state index contributed by atoms with van der Waals surface area (Å²) in [6, 6.07) is 20.9. The highest BCUT2D eigenvalue weighted by Crippen LogP contribution is 2.26. The summed E-state index contributed by atoms with van der Waals surface area (Å²) in [5.74, 6) is -0.877. The third-order valence-electron chi connectivity index (χ3n) is 7.35. The minimum absolute atomic E-state index is 0.116. The first kappa shape index (κ1) is 30.4. The topological polar surface area (TPSA) is 86.8 Å². The average molecular weight is 580 g/mol. The predicted molar refractivity (Wildman–Crippen MR) is 157 cm³/mol. The number of carbonyl (C=O) groups excluding carboxylic acids is 2. The van der Waals surface area contributed by atoms with Crippen molar-refractivity contribution in [3.63, 3.8) is 0 Å². The van der Waals surface area contributed by atoms with Gasteiger partial charge in [-0.1, -0.05) is 67.9 Å². The smallest absolute Gasteiger partial charge is 0.247 e. The highest BCUT2D eigenvalue weighted by atomic mass is 32.2. The fourth-order valence-corrected chi connectivity index (χ4v) is 6.52. The Morgan fingerprint density at radius 3 is 2.20 bits per heavy atom. The maximum atomic E-state index is 13.8. The van der Waals surface area contributed by atoms with E-state index in [1.54, 1.807) is 41.3 Å². The Morgan fingerprint density at radius 1 is 0.927 bits per heavy atom. The van der Waals surface area contributed by atoms with E-state index in [0.717, 1.165) is 31.2 Å². The Kier molecular flexibility index (Phi) is 10.7. The number of benzene rings is 3. The summed E-state index contributed by atoms with van der Waals surface area (Å²) < 4.78 is 40.9. The quantitative estimate of drug-likeness (QED) is 0.281. The van der Waals surface area contributed by atoms with E-state index in [4.69, 9.17) is 0 Å². The third-order valence-corrected chi connectivity index (χ3v) is 9.26. The van der Waals surface area contributed by atoms with Crippen molar-refractivity contribution in [2.75, 3.05) is 19.6 Å². The molecule has 1 saturated heterocycles. The highest BCUT2D eigenvalue weighted by Gasteiger charge is 2.31. The van der Waals surface area contributed by atoms with Gasteiger partial charge in [-0.2, -0.15) is 4.31 Å². The van der Waals surface area contributed by atoms with Crippen LogP contribution in [0.3, 0.4) is 0 Å². The molecule has 218 valence electrons. The summed E-state index contributed by atoms with van der Waals surface area (Å²) in [4.78, 5) is 29.1. The van der Waals surface area contributed by atoms with Crippen LogP contribution in [-0.2, 0) is 32.6 Å². The molecule has 41 heavy (non-hydrogen) atoms. The molecule has 0 aliphatic carbocycles. The van der Waals surface area contributed by atoms with Crippen LogP contribution < -0.4 is 5.32 Å². The molecule has 0 spiro atoms. The van der Waals surface area contributed by atoms with Crippen LogP contribution in [0.15, 0.2) is 83.8 Å². The first-order valence-corrected chi connectivity index (χ1v) is 15.7. The zero-order valence-electron chi connectivity index (χ0n) is 23.5. The summed E-state index contributed by atoms with van der Waals surface area (Å²) in [7, 11) is -3.51. The summed E-state index contributed by atoms with van der Waals surface area (Å²) in [6.07, 6.45) is 3.98. The number of sulfonamides is 1. The first-order valence-electron chi connectivity index (χ1n) is 14.2. The average Bonchev–Trinajstić information content (AvgIpc) is 3.54. The number of nitrogens with one attached hydrogen (secondary N) is 1. The molecule has 0 bridgehead atoms. The van der Waals surface area contributed by atoms with Crippen molar-refractivity contribution >= 4 is 21.8 Å². The van der Waals surface area contributed by atoms with Gasteiger partial charge in [0.05, 0.1) is 4.90 Å². The van der Waals surface area contributed by atoms with Crippen LogP contribution >= 0.6 is 0 Å². The molecule has 1 atom stereocenters. The predicted octanol–water partition coefficient (Wildman–Crippen LogP) is 5.23. The Morgan fingerprint density at radius 2 is 1.56 bits per heavy atom. The van der Waals surface area contributed by atoms with Gasteiger partial charge >= 0.3 is 0 Å². The number of halogens is 1. The third kappa shape index (κ3) is 8.01. The van der Waals surface area contributed by atoms with E-state index in [-0.39, 0.29) is 35.5 Å². The number of carbonyl (C=O) groups is 2. The van der Waals surface area contributed by atoms with Crippen LogP contribution in [0, 0.1) is 5.82 Å². The van der Waals surface area contributed by atoms with Crippen LogP contribution in [0.5, 0.6) is 0 Å². The minimum Gasteiger partial charge on any atom is -0.354 e. The molecule has 0 radical (unpaired) electrons. The molecular formula is C32H38FN3O4S. The van der Waals surface area contributed by atoms with Crippen molar-refractivity contribution in [2.45, 2.75) is 62.9 Å². The van der Waals surface area contributed by atoms with Crippen LogP contribution in [0.4, 0.5) is 4.39 Å². The molecule has 3 aromatic carbocycles. The van der Waals surface area contributed by atoms with Gasteiger partial charge in [-0.3, -0.25) is 9.59 Å². The highest BCUT2D eigenvalue weighted by molar-refractivity contribution is 7.89. The molecule has 3 aromatic rings. The number of aryl methyl sites for hydroxylation is 1. The molecule has 1 aliphatic heterocycles. The molecule has 1 N–H and O–H groups in total. The summed E-state index contributed by atoms with van der Waals surface area (Å²) in [5.41, 5.74) is 2.22. The van der Waals surface area contributed by atoms with Gasteiger partial charge in [0.2, 0.25) is 21.8 Å². The number of amides is 2. The van der Waals surface area contributed by atoms with E-state index in [1.807, 2.05) is 37.3 Å². The van der Waals surface area contributed by atoms with Crippen molar-refractivity contribution in [3.8, 4) is 0 Å². The largest absolute Gasteiger partial charge is 0.354 e. The number of hydrogen-bond donors (Lipinski definition) is 1. The molecule has 1 heterocycles. The van der Waals surface area contributed by atoms with Crippen LogP contribution in [-0.4, -0.2) is 49.1 Å². The lowest BCUT2D eigenvalue weighted by molar-refractivity contribution is -0.141. The van der Waals surface area contributed by atoms with E-state index in [2.05, 4.69) is 5.32 Å². The number of unbranched alkanes of at least 4 members (excludes halogenated alkanes) is 1. The maximum absolute atomic E-state index is 13.8. The molecular weight excluding hydrogens is 541 g/mol. The molecule has 7 nitrogen and oxygen atoms in total. The molecule has 2 amide bonds. The van der Waals surface area contributed by atoms with Gasteiger partial charge in [0.1, 0.15) is 11.9 Å². The van der Waals surface area contributed by atoms with Gasteiger partial charge < -0.3 is 10.2 Å². The van der Waals surface area contributed by atoms with Gasteiger partial charge in [-0.05, 0) is 66.6 Å². The van der Waals surface area contributed by atoms with Crippen LogP contribution in [0.1, 0.15) is 61.8 Å². The van der Waals surface area contributed by atoms with E-state index in [1.165, 1.54) is 16.4 Å². The SMILES string of the molecule is CCCCNC(=O)[C@H](c1ccccc1)N(Cc1ccc(F)cc1)C(=O)CCc1ccc(S(=O)(=O)N2CCCC2)cc1. The molecule has 0 aromatic heterocycles. The number of hydrogen-bond acceptors (Lipinski definition) is 4. The van der Waals surface area contributed by atoms with Gasteiger partial charge in [0, 0.05) is 32.6 Å². The number of nitrogens with zero attached hydrogens (tertiary/aromatic N) is 2. The zero-order chi connectivity index (χ0) is 29.2. The molecule has 4 rings (SSSR count). The van der Waals surface area contributed by atoms with Crippen molar-refractivity contribution in [2.24, 2.45) is 0 Å². The van der Waals surface area contributed by atoms with E-state index in [0.29, 0.717) is 37.2 Å². The maximum Gasteiger partial charge on any atom is 0.247 e. The Hall–Kier alpha value is -3.56. The molecule has 1 fully saturated rings. The van der Waals surface area contributed by atoms with Gasteiger partial charge in [0.25, 0.3) is 0 Å². The zero-order valence-corrected chi connectivity index (χ0v) is 24.3. The van der Waals surface area contributed by atoms with Gasteiger partial charge in [0.15, 0.2) is 0 Å². The van der Waals surface area contributed by atoms with Crippen molar-refractivity contribution in [3.05, 3.63) is 101 Å². The van der Waals surface area contributed by atoms with Crippen LogP contribution in [0.2, 0.25) is 0 Å². The first-order chi connectivity index (χ1) is 19.8. The normalized spacial score (nSPS) is 14.5. The fourth-order valence-electron chi connectivity index (χ4n) is 5.00. The monoisotopic (exact) mass is 579 g/mol. The second-order valence-electron chi connectivity index (χ2n) is 10.4. The van der Waals surface area contributed by atoms with E-state index < -0.39 is 16.1 Å². The fraction of sp³-hybridized carbons (Fsp3) is 0.375. The second-order valence-corrected chi connectivity index (χ2v) is 12.3. The van der Waals surface area contributed by atoms with E-state index >= 15 is 0 Å². The second kappa shape index (κ2) is 14.4. The van der Waals surface area contributed by atoms with Gasteiger partial charge in [-0.25, -0.2) is 12.8 Å². The Bertz CT molecular complexity index is 1390. The van der Waals surface area contributed by atoms with E-state index in [9.17, 15) is 22.4 Å². The lowest BCUT2D eigenvalue weighted by atomic mass is 10.0. The Labute approximate surface area is 242 Å². The summed E-state index contributed by atoms with van der Waals surface area (Å²) in [5, 5.41) is 2.98. The van der Waals surface area contributed by atoms with Crippen molar-refractivity contribution in [1.82, 2.24) is 14.5 Å². The molecule has 0 saturated carbocycles.